The van der Waals surface area contributed by atoms with E-state index >= 15 is 0 Å². The minimum atomic E-state index is -0.727. The molecule has 1 heterocycles. The molecule has 0 atom stereocenters. The average Bonchev–Trinajstić information content (AvgIpc) is 2.37. The van der Waals surface area contributed by atoms with Gasteiger partial charge < -0.3 is 10.4 Å². The number of aryl methyl sites for hydroxylation is 2. The van der Waals surface area contributed by atoms with Gasteiger partial charge in [-0.25, -0.2) is 0 Å². The van der Waals surface area contributed by atoms with Crippen LogP contribution in [0.2, 0.25) is 0 Å². The molecule has 0 aromatic heterocycles. The molecule has 0 aliphatic carbocycles. The normalized spacial score (nSPS) is 15.9. The Balaban J connectivity index is 0.00000242. The highest BCUT2D eigenvalue weighted by Crippen LogP contribution is 2.17. The molecule has 0 spiro atoms. The van der Waals surface area contributed by atoms with Crippen LogP contribution >= 0.6 is 12.4 Å². The number of likely N-dealkylation sites (tertiary alicyclic amines) is 1. The zero-order valence-electron chi connectivity index (χ0n) is 13.0. The summed E-state index contributed by atoms with van der Waals surface area (Å²) in [6.07, 6.45) is 1.23. The number of aliphatic carboxylic acids is 1. The summed E-state index contributed by atoms with van der Waals surface area (Å²) in [5.41, 5.74) is 3.05. The Morgan fingerprint density at radius 2 is 1.73 bits per heavy atom. The number of hydrogen-bond donors (Lipinski definition) is 2. The molecule has 1 aliphatic rings. The molecule has 0 radical (unpaired) electrons. The van der Waals surface area contributed by atoms with Crippen LogP contribution in [-0.2, 0) is 9.59 Å². The molecule has 1 fully saturated rings. The van der Waals surface area contributed by atoms with Crippen molar-refractivity contribution in [3.63, 3.8) is 0 Å². The van der Waals surface area contributed by atoms with E-state index < -0.39 is 5.97 Å². The minimum absolute atomic E-state index is 0. The first-order chi connectivity index (χ1) is 9.94. The number of halogens is 1. The van der Waals surface area contributed by atoms with Gasteiger partial charge in [0.15, 0.2) is 0 Å². The van der Waals surface area contributed by atoms with E-state index in [1.54, 1.807) is 0 Å². The first-order valence-corrected chi connectivity index (χ1v) is 7.27. The van der Waals surface area contributed by atoms with Gasteiger partial charge in [-0.2, -0.15) is 0 Å². The molecule has 0 saturated carbocycles. The number of piperidine rings is 1. The van der Waals surface area contributed by atoms with E-state index in [1.165, 1.54) is 0 Å². The van der Waals surface area contributed by atoms with Crippen molar-refractivity contribution in [3.05, 3.63) is 29.3 Å². The third-order valence-corrected chi connectivity index (χ3v) is 3.81. The van der Waals surface area contributed by atoms with E-state index in [0.29, 0.717) is 32.5 Å². The number of carboxylic acid groups (broad SMARTS) is 1. The highest BCUT2D eigenvalue weighted by atomic mass is 35.5. The van der Waals surface area contributed by atoms with Crippen molar-refractivity contribution in [3.8, 4) is 0 Å². The molecule has 0 unspecified atom stereocenters. The zero-order chi connectivity index (χ0) is 15.4. The summed E-state index contributed by atoms with van der Waals surface area (Å²) in [7, 11) is 0. The van der Waals surface area contributed by atoms with Crippen LogP contribution in [0.3, 0.4) is 0 Å². The molecule has 1 saturated heterocycles. The van der Waals surface area contributed by atoms with Gasteiger partial charge >= 0.3 is 5.97 Å². The smallest absolute Gasteiger partial charge is 0.306 e. The van der Waals surface area contributed by atoms with Gasteiger partial charge in [0, 0.05) is 5.69 Å². The zero-order valence-corrected chi connectivity index (χ0v) is 13.8. The Hall–Kier alpha value is -1.59. The van der Waals surface area contributed by atoms with E-state index in [-0.39, 0.29) is 24.2 Å². The van der Waals surface area contributed by atoms with Crippen molar-refractivity contribution < 1.29 is 14.7 Å². The molecular formula is C16H23ClN2O3. The van der Waals surface area contributed by atoms with Crippen LogP contribution in [0, 0.1) is 19.8 Å². The van der Waals surface area contributed by atoms with Gasteiger partial charge in [0.2, 0.25) is 5.91 Å². The molecule has 1 aromatic rings. The maximum Gasteiger partial charge on any atom is 0.306 e. The first kappa shape index (κ1) is 18.5. The maximum atomic E-state index is 12.0. The summed E-state index contributed by atoms with van der Waals surface area (Å²) in [4.78, 5) is 25.0. The Labute approximate surface area is 137 Å². The number of hydrogen-bond acceptors (Lipinski definition) is 3. The Morgan fingerprint density at radius 3 is 2.23 bits per heavy atom. The SMILES string of the molecule is Cc1cc(C)cc(NC(=O)CN2CCC(C(=O)O)CC2)c1.Cl. The van der Waals surface area contributed by atoms with Gasteiger partial charge in [0.1, 0.15) is 0 Å². The highest BCUT2D eigenvalue weighted by Gasteiger charge is 2.25. The second-order valence-electron chi connectivity index (χ2n) is 5.81. The van der Waals surface area contributed by atoms with Gasteiger partial charge in [-0.05, 0) is 63.0 Å². The van der Waals surface area contributed by atoms with E-state index in [4.69, 9.17) is 5.11 Å². The van der Waals surface area contributed by atoms with Crippen LogP contribution in [0.25, 0.3) is 0 Å². The fourth-order valence-corrected chi connectivity index (χ4v) is 2.79. The Bertz CT molecular complexity index is 520. The summed E-state index contributed by atoms with van der Waals surface area (Å²) in [5, 5.41) is 11.9. The van der Waals surface area contributed by atoms with Crippen LogP contribution in [0.15, 0.2) is 18.2 Å². The lowest BCUT2D eigenvalue weighted by Crippen LogP contribution is -2.40. The Morgan fingerprint density at radius 1 is 1.18 bits per heavy atom. The third-order valence-electron chi connectivity index (χ3n) is 3.81. The number of nitrogens with zero attached hydrogens (tertiary/aromatic N) is 1. The molecule has 2 rings (SSSR count). The van der Waals surface area contributed by atoms with Gasteiger partial charge in [-0.1, -0.05) is 6.07 Å². The van der Waals surface area contributed by atoms with Crippen LogP contribution in [-0.4, -0.2) is 41.5 Å². The number of carboxylic acids is 1. The molecule has 6 heteroatoms. The molecule has 5 nitrogen and oxygen atoms in total. The molecular weight excluding hydrogens is 304 g/mol. The molecule has 1 aliphatic heterocycles. The number of amides is 1. The highest BCUT2D eigenvalue weighted by molar-refractivity contribution is 5.92. The second-order valence-corrected chi connectivity index (χ2v) is 5.81. The molecule has 0 bridgehead atoms. The average molecular weight is 327 g/mol. The van der Waals surface area contributed by atoms with Gasteiger partial charge in [-0.15, -0.1) is 12.4 Å². The van der Waals surface area contributed by atoms with Gasteiger partial charge in [0.05, 0.1) is 12.5 Å². The monoisotopic (exact) mass is 326 g/mol. The van der Waals surface area contributed by atoms with Crippen molar-refractivity contribution in [1.82, 2.24) is 4.90 Å². The Kier molecular flexibility index (Phi) is 6.84. The maximum absolute atomic E-state index is 12.0. The number of benzene rings is 1. The minimum Gasteiger partial charge on any atom is -0.481 e. The number of rotatable bonds is 4. The lowest BCUT2D eigenvalue weighted by atomic mass is 9.97. The van der Waals surface area contributed by atoms with Crippen molar-refractivity contribution in [1.29, 1.82) is 0 Å². The molecule has 2 N–H and O–H groups in total. The van der Waals surface area contributed by atoms with Crippen LogP contribution in [0.5, 0.6) is 0 Å². The quantitative estimate of drug-likeness (QED) is 0.891. The summed E-state index contributed by atoms with van der Waals surface area (Å²) < 4.78 is 0. The van der Waals surface area contributed by atoms with Crippen LogP contribution in [0.4, 0.5) is 5.69 Å². The van der Waals surface area contributed by atoms with E-state index in [2.05, 4.69) is 11.4 Å². The lowest BCUT2D eigenvalue weighted by molar-refractivity contribution is -0.143. The molecule has 22 heavy (non-hydrogen) atoms. The standard InChI is InChI=1S/C16H22N2O3.ClH/c1-11-7-12(2)9-14(8-11)17-15(19)10-18-5-3-13(4-6-18)16(20)21;/h7-9,13H,3-6,10H2,1-2H3,(H,17,19)(H,20,21);1H. The van der Waals surface area contributed by atoms with E-state index in [9.17, 15) is 9.59 Å². The fraction of sp³-hybridized carbons (Fsp3) is 0.500. The van der Waals surface area contributed by atoms with Crippen LogP contribution < -0.4 is 5.32 Å². The topological polar surface area (TPSA) is 69.6 Å². The van der Waals surface area contributed by atoms with Gasteiger partial charge in [-0.3, -0.25) is 14.5 Å². The number of carbonyl (C=O) groups excluding carboxylic acids is 1. The van der Waals surface area contributed by atoms with Crippen molar-refractivity contribution in [2.24, 2.45) is 5.92 Å². The van der Waals surface area contributed by atoms with Crippen LogP contribution in [0.1, 0.15) is 24.0 Å². The third kappa shape index (κ3) is 5.31. The second kappa shape index (κ2) is 8.15. The van der Waals surface area contributed by atoms with E-state index in [0.717, 1.165) is 16.8 Å². The summed E-state index contributed by atoms with van der Waals surface area (Å²) >= 11 is 0. The number of carbonyl (C=O) groups is 2. The molecule has 1 aromatic carbocycles. The lowest BCUT2D eigenvalue weighted by Gasteiger charge is -2.29. The van der Waals surface area contributed by atoms with E-state index in [1.807, 2.05) is 30.9 Å². The summed E-state index contributed by atoms with van der Waals surface area (Å²) in [6.45, 7) is 5.65. The molecule has 1 amide bonds. The van der Waals surface area contributed by atoms with Gasteiger partial charge in [0.25, 0.3) is 0 Å². The summed E-state index contributed by atoms with van der Waals surface area (Å²) in [5.74, 6) is -1.04. The molecule has 122 valence electrons. The number of nitrogens with one attached hydrogen (secondary N) is 1. The largest absolute Gasteiger partial charge is 0.481 e. The van der Waals surface area contributed by atoms with Crippen molar-refractivity contribution in [2.75, 3.05) is 25.0 Å². The predicted molar refractivity (Wildman–Crippen MR) is 88.6 cm³/mol. The number of anilines is 1. The predicted octanol–water partition coefficient (Wildman–Crippen LogP) is 2.46. The first-order valence-electron chi connectivity index (χ1n) is 7.27. The fourth-order valence-electron chi connectivity index (χ4n) is 2.79. The van der Waals surface area contributed by atoms with Crippen molar-refractivity contribution >= 4 is 30.0 Å². The summed E-state index contributed by atoms with van der Waals surface area (Å²) in [6, 6.07) is 5.95. The van der Waals surface area contributed by atoms with Crippen molar-refractivity contribution in [2.45, 2.75) is 26.7 Å².